The molecule has 0 radical (unpaired) electrons. The van der Waals surface area contributed by atoms with E-state index in [0.29, 0.717) is 16.9 Å². The van der Waals surface area contributed by atoms with Crippen LogP contribution >= 0.6 is 15.9 Å². The number of benzene rings is 1. The van der Waals surface area contributed by atoms with Crippen molar-refractivity contribution >= 4 is 21.6 Å². The van der Waals surface area contributed by atoms with Gasteiger partial charge in [0.15, 0.2) is 0 Å². The van der Waals surface area contributed by atoms with Crippen LogP contribution < -0.4 is 5.32 Å². The lowest BCUT2D eigenvalue weighted by Crippen LogP contribution is -2.40. The Morgan fingerprint density at radius 2 is 2.05 bits per heavy atom. The predicted octanol–water partition coefficient (Wildman–Crippen LogP) is 5.21. The Labute approximate surface area is 123 Å². The lowest BCUT2D eigenvalue weighted by atomic mass is 9.69. The number of nitrogens with one attached hydrogen (secondary N) is 1. The fourth-order valence-electron chi connectivity index (χ4n) is 4.22. The van der Waals surface area contributed by atoms with E-state index < -0.39 is 0 Å². The van der Waals surface area contributed by atoms with Crippen LogP contribution in [0.5, 0.6) is 0 Å². The molecule has 0 aromatic heterocycles. The number of hydrogen-bond acceptors (Lipinski definition) is 1. The minimum absolute atomic E-state index is 0.197. The average Bonchev–Trinajstić information content (AvgIpc) is 2.65. The predicted molar refractivity (Wildman–Crippen MR) is 80.7 cm³/mol. The first-order valence-corrected chi connectivity index (χ1v) is 7.85. The van der Waals surface area contributed by atoms with Crippen molar-refractivity contribution < 1.29 is 4.39 Å². The van der Waals surface area contributed by atoms with Gasteiger partial charge in [0.2, 0.25) is 0 Å². The number of fused-ring (bicyclic) bond motifs is 2. The normalized spacial score (nSPS) is 35.6. The molecule has 0 amide bonds. The highest BCUT2D eigenvalue weighted by atomic mass is 79.9. The van der Waals surface area contributed by atoms with E-state index in [0.717, 1.165) is 16.1 Å². The lowest BCUT2D eigenvalue weighted by Gasteiger charge is -2.40. The Bertz CT molecular complexity index is 513. The second-order valence-electron chi connectivity index (χ2n) is 6.93. The quantitative estimate of drug-likeness (QED) is 0.786. The van der Waals surface area contributed by atoms with Crippen LogP contribution in [0.25, 0.3) is 0 Å². The summed E-state index contributed by atoms with van der Waals surface area (Å²) in [6.07, 6.45) is 3.88. The summed E-state index contributed by atoms with van der Waals surface area (Å²) >= 11 is 3.45. The van der Waals surface area contributed by atoms with Crippen molar-refractivity contribution in [1.29, 1.82) is 0 Å². The summed E-state index contributed by atoms with van der Waals surface area (Å²) in [7, 11) is 0. The third-order valence-corrected chi connectivity index (χ3v) is 6.71. The standard InChI is InChI=1S/C16H21BrFN/c1-15(2)10-6-7-16(15,3)14(8-10)19-13-5-4-11(18)9-12(13)17/h4-5,9-10,14,19H,6-8H2,1-3H3. The molecule has 0 spiro atoms. The Morgan fingerprint density at radius 3 is 2.58 bits per heavy atom. The van der Waals surface area contributed by atoms with Gasteiger partial charge in [-0.15, -0.1) is 0 Å². The summed E-state index contributed by atoms with van der Waals surface area (Å²) in [4.78, 5) is 0. The van der Waals surface area contributed by atoms with Gasteiger partial charge in [0.25, 0.3) is 0 Å². The zero-order valence-electron chi connectivity index (χ0n) is 11.8. The molecule has 3 atom stereocenters. The van der Waals surface area contributed by atoms with Gasteiger partial charge < -0.3 is 5.32 Å². The van der Waals surface area contributed by atoms with Crippen LogP contribution in [-0.2, 0) is 0 Å². The van der Waals surface area contributed by atoms with Crippen LogP contribution in [0.1, 0.15) is 40.0 Å². The van der Waals surface area contributed by atoms with Gasteiger partial charge in [-0.05, 0) is 70.1 Å². The van der Waals surface area contributed by atoms with Crippen molar-refractivity contribution in [2.45, 2.75) is 46.1 Å². The Hall–Kier alpha value is -0.570. The summed E-state index contributed by atoms with van der Waals surface area (Å²) in [6, 6.07) is 5.38. The first kappa shape index (κ1) is 13.4. The molecule has 0 aliphatic heterocycles. The van der Waals surface area contributed by atoms with Crippen molar-refractivity contribution in [2.24, 2.45) is 16.7 Å². The third kappa shape index (κ3) is 1.84. The van der Waals surface area contributed by atoms with Gasteiger partial charge in [-0.25, -0.2) is 4.39 Å². The first-order valence-electron chi connectivity index (χ1n) is 7.06. The molecule has 3 heteroatoms. The van der Waals surface area contributed by atoms with Crippen molar-refractivity contribution in [2.75, 3.05) is 5.32 Å². The zero-order valence-corrected chi connectivity index (χ0v) is 13.3. The van der Waals surface area contributed by atoms with Gasteiger partial charge in [-0.3, -0.25) is 0 Å². The Kier molecular flexibility index (Phi) is 2.97. The maximum absolute atomic E-state index is 13.2. The van der Waals surface area contributed by atoms with E-state index in [1.54, 1.807) is 0 Å². The second kappa shape index (κ2) is 4.21. The van der Waals surface area contributed by atoms with E-state index in [2.05, 4.69) is 42.0 Å². The molecule has 1 aromatic rings. The largest absolute Gasteiger partial charge is 0.381 e. The van der Waals surface area contributed by atoms with Crippen LogP contribution in [0.2, 0.25) is 0 Å². The molecule has 3 rings (SSSR count). The van der Waals surface area contributed by atoms with E-state index in [9.17, 15) is 4.39 Å². The highest BCUT2D eigenvalue weighted by Crippen LogP contribution is 2.65. The molecule has 104 valence electrons. The lowest BCUT2D eigenvalue weighted by molar-refractivity contribution is 0.142. The molecular weight excluding hydrogens is 305 g/mol. The van der Waals surface area contributed by atoms with Crippen molar-refractivity contribution in [3.8, 4) is 0 Å². The van der Waals surface area contributed by atoms with E-state index in [1.165, 1.54) is 31.4 Å². The summed E-state index contributed by atoms with van der Waals surface area (Å²) < 4.78 is 14.0. The molecule has 1 nitrogen and oxygen atoms in total. The van der Waals surface area contributed by atoms with Gasteiger partial charge in [0.05, 0.1) is 0 Å². The smallest absolute Gasteiger partial charge is 0.124 e. The molecule has 1 aromatic carbocycles. The average molecular weight is 326 g/mol. The maximum atomic E-state index is 13.2. The second-order valence-corrected chi connectivity index (χ2v) is 7.79. The number of anilines is 1. The fourth-order valence-corrected chi connectivity index (χ4v) is 4.68. The molecule has 2 aliphatic carbocycles. The van der Waals surface area contributed by atoms with Gasteiger partial charge in [-0.1, -0.05) is 20.8 Å². The van der Waals surface area contributed by atoms with Gasteiger partial charge in [-0.2, -0.15) is 0 Å². The molecule has 1 N–H and O–H groups in total. The minimum atomic E-state index is -0.197. The number of hydrogen-bond donors (Lipinski definition) is 1. The summed E-state index contributed by atoms with van der Waals surface area (Å²) in [5, 5.41) is 3.65. The first-order chi connectivity index (χ1) is 8.84. The Morgan fingerprint density at radius 1 is 1.32 bits per heavy atom. The van der Waals surface area contributed by atoms with Gasteiger partial charge in [0.1, 0.15) is 5.82 Å². The van der Waals surface area contributed by atoms with E-state index in [-0.39, 0.29) is 5.82 Å². The Balaban J connectivity index is 1.86. The molecule has 2 aliphatic rings. The topological polar surface area (TPSA) is 12.0 Å². The third-order valence-electron chi connectivity index (χ3n) is 6.05. The van der Waals surface area contributed by atoms with Crippen molar-refractivity contribution in [3.05, 3.63) is 28.5 Å². The molecular formula is C16H21BrFN. The van der Waals surface area contributed by atoms with E-state index in [4.69, 9.17) is 0 Å². The molecule has 2 bridgehead atoms. The van der Waals surface area contributed by atoms with Crippen molar-refractivity contribution in [1.82, 2.24) is 0 Å². The zero-order chi connectivity index (χ0) is 13.8. The molecule has 2 fully saturated rings. The van der Waals surface area contributed by atoms with Gasteiger partial charge >= 0.3 is 0 Å². The van der Waals surface area contributed by atoms with Crippen molar-refractivity contribution in [3.63, 3.8) is 0 Å². The summed E-state index contributed by atoms with van der Waals surface area (Å²) in [5.74, 6) is 0.617. The molecule has 0 saturated heterocycles. The van der Waals surface area contributed by atoms with Crippen LogP contribution in [0.3, 0.4) is 0 Å². The maximum Gasteiger partial charge on any atom is 0.124 e. The van der Waals surface area contributed by atoms with Crippen LogP contribution in [0, 0.1) is 22.6 Å². The highest BCUT2D eigenvalue weighted by Gasteiger charge is 2.61. The highest BCUT2D eigenvalue weighted by molar-refractivity contribution is 9.10. The number of rotatable bonds is 2. The SMILES string of the molecule is CC1(C)C2CCC1(C)C(Nc1ccc(F)cc1Br)C2. The molecule has 2 saturated carbocycles. The summed E-state index contributed by atoms with van der Waals surface area (Å²) in [5.41, 5.74) is 1.75. The van der Waals surface area contributed by atoms with E-state index >= 15 is 0 Å². The molecule has 3 unspecified atom stereocenters. The molecule has 0 heterocycles. The number of halogens is 2. The van der Waals surface area contributed by atoms with Crippen LogP contribution in [0.4, 0.5) is 10.1 Å². The van der Waals surface area contributed by atoms with Gasteiger partial charge in [0, 0.05) is 16.2 Å². The minimum Gasteiger partial charge on any atom is -0.381 e. The molecule has 19 heavy (non-hydrogen) atoms. The monoisotopic (exact) mass is 325 g/mol. The van der Waals surface area contributed by atoms with Crippen LogP contribution in [0.15, 0.2) is 22.7 Å². The van der Waals surface area contributed by atoms with E-state index in [1.807, 2.05) is 6.07 Å². The summed E-state index contributed by atoms with van der Waals surface area (Å²) in [6.45, 7) is 7.23. The van der Waals surface area contributed by atoms with Crippen LogP contribution in [-0.4, -0.2) is 6.04 Å². The fraction of sp³-hybridized carbons (Fsp3) is 0.625.